The summed E-state index contributed by atoms with van der Waals surface area (Å²) in [5.41, 5.74) is -0.719. The highest BCUT2D eigenvalue weighted by Gasteiger charge is 2.21. The standard InChI is InChI=1S/C12H11F2NO3/c1-3-18-12(16)8-4-7(11(13)14)5-10(17-2)9(8)6-15/h4-5,11H,3H2,1-2H3. The van der Waals surface area contributed by atoms with Crippen LogP contribution in [0, 0.1) is 11.3 Å². The fourth-order valence-electron chi connectivity index (χ4n) is 1.41. The summed E-state index contributed by atoms with van der Waals surface area (Å²) in [7, 11) is 1.24. The summed E-state index contributed by atoms with van der Waals surface area (Å²) in [6.45, 7) is 1.67. The number of alkyl halides is 2. The van der Waals surface area contributed by atoms with Crippen LogP contribution < -0.4 is 4.74 Å². The van der Waals surface area contributed by atoms with Gasteiger partial charge in [-0.1, -0.05) is 0 Å². The SMILES string of the molecule is CCOC(=O)c1cc(C(F)F)cc(OC)c1C#N. The van der Waals surface area contributed by atoms with Gasteiger partial charge in [0.05, 0.1) is 19.3 Å². The molecule has 0 saturated heterocycles. The molecule has 0 N–H and O–H groups in total. The van der Waals surface area contributed by atoms with Crippen LogP contribution in [0.3, 0.4) is 0 Å². The first-order chi connectivity index (χ1) is 8.54. The molecule has 0 heterocycles. The molecule has 0 spiro atoms. The molecule has 0 aliphatic heterocycles. The predicted octanol–water partition coefficient (Wildman–Crippen LogP) is 2.68. The Balaban J connectivity index is 3.41. The molecule has 1 rings (SSSR count). The number of nitrogens with zero attached hydrogens (tertiary/aromatic N) is 1. The maximum Gasteiger partial charge on any atom is 0.339 e. The Morgan fingerprint density at radius 3 is 2.61 bits per heavy atom. The van der Waals surface area contributed by atoms with Gasteiger partial charge in [-0.25, -0.2) is 13.6 Å². The maximum atomic E-state index is 12.7. The van der Waals surface area contributed by atoms with Crippen LogP contribution in [-0.4, -0.2) is 19.7 Å². The number of rotatable bonds is 4. The van der Waals surface area contributed by atoms with Crippen molar-refractivity contribution < 1.29 is 23.0 Å². The minimum atomic E-state index is -2.76. The molecule has 4 nitrogen and oxygen atoms in total. The number of ether oxygens (including phenoxy) is 2. The van der Waals surface area contributed by atoms with Crippen LogP contribution >= 0.6 is 0 Å². The largest absolute Gasteiger partial charge is 0.495 e. The first kappa shape index (κ1) is 13.9. The smallest absolute Gasteiger partial charge is 0.339 e. The fourth-order valence-corrected chi connectivity index (χ4v) is 1.41. The van der Waals surface area contributed by atoms with Gasteiger partial charge in [0, 0.05) is 5.56 Å². The lowest BCUT2D eigenvalue weighted by Crippen LogP contribution is -2.09. The van der Waals surface area contributed by atoms with E-state index in [-0.39, 0.29) is 23.5 Å². The molecule has 6 heteroatoms. The molecule has 0 aliphatic carbocycles. The van der Waals surface area contributed by atoms with Crippen molar-refractivity contribution in [2.45, 2.75) is 13.3 Å². The van der Waals surface area contributed by atoms with E-state index in [1.807, 2.05) is 0 Å². The van der Waals surface area contributed by atoms with Crippen molar-refractivity contribution in [3.8, 4) is 11.8 Å². The molecule has 0 aromatic heterocycles. The van der Waals surface area contributed by atoms with Crippen molar-refractivity contribution in [1.82, 2.24) is 0 Å². The van der Waals surface area contributed by atoms with E-state index in [0.29, 0.717) is 0 Å². The van der Waals surface area contributed by atoms with Crippen LogP contribution in [-0.2, 0) is 4.74 Å². The second kappa shape index (κ2) is 5.96. The molecule has 0 bridgehead atoms. The quantitative estimate of drug-likeness (QED) is 0.776. The number of hydrogen-bond donors (Lipinski definition) is 0. The van der Waals surface area contributed by atoms with Crippen LogP contribution in [0.1, 0.15) is 34.8 Å². The normalized spacial score (nSPS) is 10.0. The third-order valence-electron chi connectivity index (χ3n) is 2.20. The number of methoxy groups -OCH3 is 1. The monoisotopic (exact) mass is 255 g/mol. The molecular weight excluding hydrogens is 244 g/mol. The zero-order chi connectivity index (χ0) is 13.7. The first-order valence-corrected chi connectivity index (χ1v) is 5.12. The third-order valence-corrected chi connectivity index (χ3v) is 2.20. The van der Waals surface area contributed by atoms with Crippen LogP contribution in [0.25, 0.3) is 0 Å². The maximum absolute atomic E-state index is 12.7. The number of halogens is 2. The topological polar surface area (TPSA) is 59.3 Å². The average Bonchev–Trinajstić information content (AvgIpc) is 2.37. The van der Waals surface area contributed by atoms with Crippen LogP contribution in [0.4, 0.5) is 8.78 Å². The molecule has 0 amide bonds. The van der Waals surface area contributed by atoms with E-state index in [1.54, 1.807) is 13.0 Å². The fraction of sp³-hybridized carbons (Fsp3) is 0.333. The number of esters is 1. The molecule has 0 radical (unpaired) electrons. The van der Waals surface area contributed by atoms with E-state index < -0.39 is 18.0 Å². The van der Waals surface area contributed by atoms with E-state index >= 15 is 0 Å². The van der Waals surface area contributed by atoms with E-state index in [9.17, 15) is 13.6 Å². The molecule has 96 valence electrons. The van der Waals surface area contributed by atoms with Gasteiger partial charge in [0.2, 0.25) is 0 Å². The van der Waals surface area contributed by atoms with Gasteiger partial charge in [0.1, 0.15) is 17.4 Å². The van der Waals surface area contributed by atoms with Gasteiger partial charge < -0.3 is 9.47 Å². The lowest BCUT2D eigenvalue weighted by molar-refractivity contribution is 0.0525. The summed E-state index contributed by atoms with van der Waals surface area (Å²) in [5, 5.41) is 8.95. The Morgan fingerprint density at radius 2 is 2.17 bits per heavy atom. The third kappa shape index (κ3) is 2.74. The number of benzene rings is 1. The Labute approximate surface area is 103 Å². The number of nitriles is 1. The highest BCUT2D eigenvalue weighted by Crippen LogP contribution is 2.29. The van der Waals surface area contributed by atoms with Crippen molar-refractivity contribution >= 4 is 5.97 Å². The molecule has 0 atom stereocenters. The van der Waals surface area contributed by atoms with Gasteiger partial charge >= 0.3 is 5.97 Å². The molecule has 0 fully saturated rings. The molecule has 18 heavy (non-hydrogen) atoms. The van der Waals surface area contributed by atoms with E-state index in [2.05, 4.69) is 0 Å². The van der Waals surface area contributed by atoms with Crippen LogP contribution in [0.15, 0.2) is 12.1 Å². The Hall–Kier alpha value is -2.16. The lowest BCUT2D eigenvalue weighted by Gasteiger charge is -2.10. The van der Waals surface area contributed by atoms with Gasteiger partial charge in [-0.2, -0.15) is 5.26 Å². The second-order valence-corrected chi connectivity index (χ2v) is 3.28. The average molecular weight is 255 g/mol. The number of hydrogen-bond acceptors (Lipinski definition) is 4. The second-order valence-electron chi connectivity index (χ2n) is 3.28. The summed E-state index contributed by atoms with van der Waals surface area (Å²) in [4.78, 5) is 11.6. The lowest BCUT2D eigenvalue weighted by atomic mass is 10.0. The zero-order valence-corrected chi connectivity index (χ0v) is 9.87. The zero-order valence-electron chi connectivity index (χ0n) is 9.87. The van der Waals surface area contributed by atoms with E-state index in [0.717, 1.165) is 12.1 Å². The molecule has 0 unspecified atom stereocenters. The molecule has 0 saturated carbocycles. The van der Waals surface area contributed by atoms with Crippen molar-refractivity contribution in [3.63, 3.8) is 0 Å². The summed E-state index contributed by atoms with van der Waals surface area (Å²) in [5.74, 6) is -0.895. The minimum absolute atomic E-state index is 0.0710. The van der Waals surface area contributed by atoms with Crippen LogP contribution in [0.2, 0.25) is 0 Å². The van der Waals surface area contributed by atoms with Crippen molar-refractivity contribution in [2.24, 2.45) is 0 Å². The summed E-state index contributed by atoms with van der Waals surface area (Å²) in [6.07, 6.45) is -2.76. The predicted molar refractivity (Wildman–Crippen MR) is 58.6 cm³/mol. The van der Waals surface area contributed by atoms with Crippen molar-refractivity contribution in [3.05, 3.63) is 28.8 Å². The molecule has 1 aromatic rings. The highest BCUT2D eigenvalue weighted by atomic mass is 19.3. The Kier molecular flexibility index (Phi) is 4.60. The summed E-state index contributed by atoms with van der Waals surface area (Å²) >= 11 is 0. The van der Waals surface area contributed by atoms with Gasteiger partial charge in [-0.05, 0) is 19.1 Å². The Bertz CT molecular complexity index is 495. The van der Waals surface area contributed by atoms with Crippen molar-refractivity contribution in [2.75, 3.05) is 13.7 Å². The van der Waals surface area contributed by atoms with E-state index in [1.165, 1.54) is 7.11 Å². The molecule has 0 aliphatic rings. The molecule has 1 aromatic carbocycles. The van der Waals surface area contributed by atoms with Crippen molar-refractivity contribution in [1.29, 1.82) is 5.26 Å². The molecular formula is C12H11F2NO3. The minimum Gasteiger partial charge on any atom is -0.495 e. The highest BCUT2D eigenvalue weighted by molar-refractivity contribution is 5.93. The Morgan fingerprint density at radius 1 is 1.50 bits per heavy atom. The van der Waals surface area contributed by atoms with Gasteiger partial charge in [0.25, 0.3) is 6.43 Å². The number of carbonyl (C=O) groups is 1. The van der Waals surface area contributed by atoms with Gasteiger partial charge in [0.15, 0.2) is 0 Å². The summed E-state index contributed by atoms with van der Waals surface area (Å²) < 4.78 is 34.9. The first-order valence-electron chi connectivity index (χ1n) is 5.12. The van der Waals surface area contributed by atoms with Gasteiger partial charge in [-0.3, -0.25) is 0 Å². The van der Waals surface area contributed by atoms with Crippen LogP contribution in [0.5, 0.6) is 5.75 Å². The number of carbonyl (C=O) groups excluding carboxylic acids is 1. The summed E-state index contributed by atoms with van der Waals surface area (Å²) in [6, 6.07) is 3.73. The van der Waals surface area contributed by atoms with Gasteiger partial charge in [-0.15, -0.1) is 0 Å². The van der Waals surface area contributed by atoms with E-state index in [4.69, 9.17) is 14.7 Å².